The summed E-state index contributed by atoms with van der Waals surface area (Å²) in [5.41, 5.74) is 0.133. The van der Waals surface area contributed by atoms with Gasteiger partial charge in [0.1, 0.15) is 17.6 Å². The first-order valence-electron chi connectivity index (χ1n) is 10.5. The van der Waals surface area contributed by atoms with Gasteiger partial charge in [-0.1, -0.05) is 6.07 Å². The molecule has 174 valence electrons. The predicted molar refractivity (Wildman–Crippen MR) is 101 cm³/mol. The number of nitrogens with zero attached hydrogens (tertiary/aromatic N) is 1. The van der Waals surface area contributed by atoms with E-state index in [1.54, 1.807) is 0 Å². The van der Waals surface area contributed by atoms with Crippen LogP contribution in [0.4, 0.5) is 13.2 Å². The summed E-state index contributed by atoms with van der Waals surface area (Å²) in [7, 11) is 0. The molecule has 32 heavy (non-hydrogen) atoms. The molecule has 1 aromatic rings. The van der Waals surface area contributed by atoms with Crippen molar-refractivity contribution in [3.05, 3.63) is 23.3 Å². The number of ether oxygens (including phenoxy) is 3. The second kappa shape index (κ2) is 6.98. The van der Waals surface area contributed by atoms with E-state index in [1.807, 2.05) is 19.1 Å². The Balaban J connectivity index is 1.20. The lowest BCUT2D eigenvalue weighted by Gasteiger charge is -2.46. The number of hydrogen-bond donors (Lipinski definition) is 2. The molecule has 1 saturated heterocycles. The van der Waals surface area contributed by atoms with E-state index in [1.165, 1.54) is 0 Å². The summed E-state index contributed by atoms with van der Waals surface area (Å²) in [5, 5.41) is 11.9. The lowest BCUT2D eigenvalue weighted by Crippen LogP contribution is -2.72. The van der Waals surface area contributed by atoms with Crippen molar-refractivity contribution < 1.29 is 42.2 Å². The molecule has 0 bridgehead atoms. The van der Waals surface area contributed by atoms with Gasteiger partial charge in [-0.3, -0.25) is 14.8 Å². The number of rotatable bonds is 5. The summed E-state index contributed by atoms with van der Waals surface area (Å²) in [6.07, 6.45) is -2.44. The maximum atomic E-state index is 12.7. The molecule has 0 unspecified atom stereocenters. The Morgan fingerprint density at radius 2 is 1.91 bits per heavy atom. The van der Waals surface area contributed by atoms with Crippen LogP contribution in [0.2, 0.25) is 0 Å². The van der Waals surface area contributed by atoms with E-state index < -0.39 is 41.8 Å². The molecule has 2 aliphatic heterocycles. The molecule has 1 spiro atoms. The van der Waals surface area contributed by atoms with E-state index in [-0.39, 0.29) is 17.6 Å². The summed E-state index contributed by atoms with van der Waals surface area (Å²) in [4.78, 5) is 24.0. The van der Waals surface area contributed by atoms with Gasteiger partial charge in [0.15, 0.2) is 5.54 Å². The molecule has 2 N–H and O–H groups in total. The molecular weight excluding hydrogens is 433 g/mol. The summed E-state index contributed by atoms with van der Waals surface area (Å²) in [5.74, 6) is -1.73. The Morgan fingerprint density at radius 1 is 1.22 bits per heavy atom. The van der Waals surface area contributed by atoms with Crippen molar-refractivity contribution in [1.82, 2.24) is 10.4 Å². The van der Waals surface area contributed by atoms with Gasteiger partial charge in [-0.05, 0) is 31.4 Å². The molecule has 4 aliphatic rings. The van der Waals surface area contributed by atoms with Gasteiger partial charge >= 0.3 is 12.1 Å². The molecule has 0 atom stereocenters. The number of hydrogen-bond acceptors (Lipinski definition) is 6. The van der Waals surface area contributed by atoms with Crippen LogP contribution in [0, 0.1) is 6.92 Å². The fourth-order valence-corrected chi connectivity index (χ4v) is 4.52. The number of carbonyl (C=O) groups is 2. The molecule has 0 aromatic heterocycles. The van der Waals surface area contributed by atoms with Gasteiger partial charge in [0, 0.05) is 29.9 Å². The minimum absolute atomic E-state index is 0.0419. The molecule has 0 radical (unpaired) electrons. The van der Waals surface area contributed by atoms with Gasteiger partial charge in [0.25, 0.3) is 5.91 Å². The lowest BCUT2D eigenvalue weighted by molar-refractivity contribution is -0.268. The van der Waals surface area contributed by atoms with Crippen LogP contribution in [-0.4, -0.2) is 65.8 Å². The number of nitrogens with one attached hydrogen (secondary N) is 1. The number of aryl methyl sites for hydroxylation is 1. The van der Waals surface area contributed by atoms with Gasteiger partial charge in [-0.2, -0.15) is 18.2 Å². The third-order valence-corrected chi connectivity index (χ3v) is 6.86. The number of alkyl halides is 3. The third-order valence-electron chi connectivity index (χ3n) is 6.86. The SMILES string of the molecule is Cc1ccc(OC2CC(NC(=O)C3(N(O)C(=O)C(F)(F)F)COC3)C2)c2c1OCC21CC1. The highest BCUT2D eigenvalue weighted by atomic mass is 19.4. The fourth-order valence-electron chi connectivity index (χ4n) is 4.52. The number of amides is 2. The highest BCUT2D eigenvalue weighted by molar-refractivity contribution is 5.93. The van der Waals surface area contributed by atoms with Crippen LogP contribution in [-0.2, 0) is 19.7 Å². The van der Waals surface area contributed by atoms with Crippen LogP contribution in [0.15, 0.2) is 12.1 Å². The van der Waals surface area contributed by atoms with Gasteiger partial charge in [-0.25, -0.2) is 0 Å². The highest BCUT2D eigenvalue weighted by Crippen LogP contribution is 2.59. The Bertz CT molecular complexity index is 967. The highest BCUT2D eigenvalue weighted by Gasteiger charge is 2.59. The second-order valence-electron chi connectivity index (χ2n) is 9.17. The van der Waals surface area contributed by atoms with Crippen LogP contribution in [0.25, 0.3) is 0 Å². The fraction of sp³-hybridized carbons (Fsp3) is 0.619. The van der Waals surface area contributed by atoms with Gasteiger partial charge in [0.05, 0.1) is 19.8 Å². The topological polar surface area (TPSA) is 97.3 Å². The van der Waals surface area contributed by atoms with Crippen LogP contribution in [0.3, 0.4) is 0 Å². The minimum Gasteiger partial charge on any atom is -0.492 e. The molecule has 1 aromatic carbocycles. The third kappa shape index (κ3) is 3.21. The quantitative estimate of drug-likeness (QED) is 0.520. The first-order chi connectivity index (χ1) is 15.1. The van der Waals surface area contributed by atoms with Crippen LogP contribution in [0.1, 0.15) is 36.8 Å². The first kappa shape index (κ1) is 21.3. The largest absolute Gasteiger partial charge is 0.492 e. The zero-order valence-corrected chi connectivity index (χ0v) is 17.3. The number of halogens is 3. The Labute approximate surface area is 181 Å². The summed E-state index contributed by atoms with van der Waals surface area (Å²) in [6.45, 7) is 1.63. The number of carbonyl (C=O) groups excluding carboxylic acids is 2. The lowest BCUT2D eigenvalue weighted by atomic mass is 9.86. The van der Waals surface area contributed by atoms with E-state index in [0.29, 0.717) is 19.4 Å². The zero-order valence-electron chi connectivity index (χ0n) is 17.3. The van der Waals surface area contributed by atoms with Crippen molar-refractivity contribution in [2.24, 2.45) is 0 Å². The summed E-state index contributed by atoms with van der Waals surface area (Å²) < 4.78 is 54.9. The maximum absolute atomic E-state index is 12.7. The second-order valence-corrected chi connectivity index (χ2v) is 9.17. The van der Waals surface area contributed by atoms with Crippen molar-refractivity contribution in [3.63, 3.8) is 0 Å². The Morgan fingerprint density at radius 3 is 2.47 bits per heavy atom. The molecule has 5 rings (SSSR count). The average molecular weight is 456 g/mol. The van der Waals surface area contributed by atoms with E-state index in [0.717, 1.165) is 35.5 Å². The Hall–Kier alpha value is -2.53. The van der Waals surface area contributed by atoms with E-state index >= 15 is 0 Å². The normalized spacial score (nSPS) is 26.3. The van der Waals surface area contributed by atoms with Crippen LogP contribution >= 0.6 is 0 Å². The maximum Gasteiger partial charge on any atom is 0.473 e. The summed E-state index contributed by atoms with van der Waals surface area (Å²) >= 11 is 0. The molecule has 2 aliphatic carbocycles. The van der Waals surface area contributed by atoms with Crippen molar-refractivity contribution in [2.75, 3.05) is 19.8 Å². The van der Waals surface area contributed by atoms with Gasteiger partial charge < -0.3 is 19.5 Å². The molecular formula is C21H23F3N2O6. The molecule has 11 heteroatoms. The van der Waals surface area contributed by atoms with E-state index in [2.05, 4.69) is 5.32 Å². The molecule has 8 nitrogen and oxygen atoms in total. The number of hydroxylamine groups is 2. The average Bonchev–Trinajstić information content (AvgIpc) is 3.33. The van der Waals surface area contributed by atoms with Crippen LogP contribution in [0.5, 0.6) is 11.5 Å². The smallest absolute Gasteiger partial charge is 0.473 e. The van der Waals surface area contributed by atoms with Gasteiger partial charge in [0.2, 0.25) is 0 Å². The molecule has 2 amide bonds. The van der Waals surface area contributed by atoms with Crippen molar-refractivity contribution in [3.8, 4) is 11.5 Å². The monoisotopic (exact) mass is 456 g/mol. The molecule has 3 fully saturated rings. The Kier molecular flexibility index (Phi) is 4.65. The molecule has 2 heterocycles. The van der Waals surface area contributed by atoms with Crippen molar-refractivity contribution in [2.45, 2.75) is 61.9 Å². The van der Waals surface area contributed by atoms with E-state index in [4.69, 9.17) is 14.2 Å². The van der Waals surface area contributed by atoms with Crippen molar-refractivity contribution >= 4 is 11.8 Å². The number of fused-ring (bicyclic) bond motifs is 2. The van der Waals surface area contributed by atoms with Crippen molar-refractivity contribution in [1.29, 1.82) is 0 Å². The zero-order chi connectivity index (χ0) is 22.9. The van der Waals surface area contributed by atoms with Crippen LogP contribution < -0.4 is 14.8 Å². The standard InChI is InChI=1S/C21H23F3N2O6/c1-11-2-3-14(15-16(11)31-8-19(15)4-5-19)32-13-6-12(7-13)25-17(27)20(9-30-10-20)26(29)18(28)21(22,23)24/h2-3,12-13,29H,4-10H2,1H3,(H,25,27). The first-order valence-corrected chi connectivity index (χ1v) is 10.5. The van der Waals surface area contributed by atoms with Gasteiger partial charge in [-0.15, -0.1) is 0 Å². The van der Waals surface area contributed by atoms with E-state index in [9.17, 15) is 28.0 Å². The number of benzene rings is 1. The predicted octanol–water partition coefficient (Wildman–Crippen LogP) is 1.99. The minimum atomic E-state index is -5.30. The summed E-state index contributed by atoms with van der Waals surface area (Å²) in [6, 6.07) is 3.53. The molecule has 2 saturated carbocycles.